The van der Waals surface area contributed by atoms with Crippen LogP contribution in [-0.2, 0) is 13.6 Å². The Hall–Kier alpha value is 1.75. The third kappa shape index (κ3) is 11.8. The van der Waals surface area contributed by atoms with Gasteiger partial charge in [-0.05, 0) is 41.5 Å². The molecule has 0 aromatic heterocycles. The predicted molar refractivity (Wildman–Crippen MR) is 49.3 cm³/mol. The van der Waals surface area contributed by atoms with Gasteiger partial charge in [0, 0.05) is 0 Å². The molecule has 0 bridgehead atoms. The molecule has 0 radical (unpaired) electrons. The SMILES string of the molecule is CC(C)(C)OP(=O)([O-])OC(C)(C)C.[K+]. The van der Waals surface area contributed by atoms with Gasteiger partial charge < -0.3 is 13.9 Å². The second kappa shape index (κ2) is 5.89. The Kier molecular flexibility index (Phi) is 7.63. The molecule has 0 unspecified atom stereocenters. The van der Waals surface area contributed by atoms with Gasteiger partial charge in [-0.15, -0.1) is 0 Å². The number of hydrogen-bond acceptors (Lipinski definition) is 4. The molecule has 14 heavy (non-hydrogen) atoms. The number of phosphoric acid groups is 1. The van der Waals surface area contributed by atoms with Crippen LogP contribution in [0.2, 0.25) is 0 Å². The molecule has 6 heteroatoms. The van der Waals surface area contributed by atoms with Crippen LogP contribution in [0, 0.1) is 0 Å². The standard InChI is InChI=1S/C8H19O4P.K/c1-7(2,3)11-13(9,10)12-8(4,5)6;/h1-6H3,(H,9,10);/q;+1/p-1. The van der Waals surface area contributed by atoms with Crippen molar-refractivity contribution in [2.24, 2.45) is 0 Å². The maximum Gasteiger partial charge on any atom is 1.00 e. The second-order valence-electron chi connectivity index (χ2n) is 4.85. The third-order valence-corrected chi connectivity index (χ3v) is 2.31. The van der Waals surface area contributed by atoms with Gasteiger partial charge in [0.1, 0.15) is 0 Å². The average molecular weight is 248 g/mol. The maximum atomic E-state index is 11.2. The number of phosphoric ester groups is 1. The van der Waals surface area contributed by atoms with Crippen LogP contribution in [0.25, 0.3) is 0 Å². The van der Waals surface area contributed by atoms with E-state index < -0.39 is 19.0 Å². The van der Waals surface area contributed by atoms with E-state index in [9.17, 15) is 9.46 Å². The minimum atomic E-state index is -4.19. The molecule has 80 valence electrons. The molecule has 0 aliphatic heterocycles. The summed E-state index contributed by atoms with van der Waals surface area (Å²) in [4.78, 5) is 11.2. The summed E-state index contributed by atoms with van der Waals surface area (Å²) >= 11 is 0. The van der Waals surface area contributed by atoms with Crippen molar-refractivity contribution in [3.63, 3.8) is 0 Å². The fourth-order valence-corrected chi connectivity index (χ4v) is 2.07. The zero-order valence-corrected chi connectivity index (χ0v) is 14.1. The Bertz CT molecular complexity index is 196. The van der Waals surface area contributed by atoms with Crippen molar-refractivity contribution in [3.8, 4) is 0 Å². The van der Waals surface area contributed by atoms with Crippen LogP contribution in [-0.4, -0.2) is 11.2 Å². The topological polar surface area (TPSA) is 58.6 Å². The first-order valence-electron chi connectivity index (χ1n) is 4.14. The van der Waals surface area contributed by atoms with Crippen molar-refractivity contribution in [2.75, 3.05) is 0 Å². The summed E-state index contributed by atoms with van der Waals surface area (Å²) in [5.41, 5.74) is -1.49. The van der Waals surface area contributed by atoms with Crippen LogP contribution in [0.15, 0.2) is 0 Å². The zero-order chi connectivity index (χ0) is 10.9. The molecular weight excluding hydrogens is 230 g/mol. The molecule has 0 rings (SSSR count). The van der Waals surface area contributed by atoms with E-state index in [0.717, 1.165) is 0 Å². The fraction of sp³-hybridized carbons (Fsp3) is 1.00. The maximum absolute atomic E-state index is 11.2. The largest absolute Gasteiger partial charge is 1.00 e. The summed E-state index contributed by atoms with van der Waals surface area (Å²) in [6.07, 6.45) is 0. The number of rotatable bonds is 2. The quantitative estimate of drug-likeness (QED) is 0.469. The molecule has 0 aliphatic carbocycles. The minimum absolute atomic E-state index is 0. The van der Waals surface area contributed by atoms with Gasteiger partial charge in [-0.25, -0.2) is 0 Å². The molecule has 0 aromatic carbocycles. The molecule has 0 heterocycles. The van der Waals surface area contributed by atoms with Crippen LogP contribution in [0.4, 0.5) is 0 Å². The first-order valence-corrected chi connectivity index (χ1v) is 5.60. The monoisotopic (exact) mass is 248 g/mol. The van der Waals surface area contributed by atoms with Gasteiger partial charge in [-0.2, -0.15) is 0 Å². The smallest absolute Gasteiger partial charge is 0.756 e. The van der Waals surface area contributed by atoms with Gasteiger partial charge in [0.05, 0.1) is 11.2 Å². The summed E-state index contributed by atoms with van der Waals surface area (Å²) in [5.74, 6) is 0. The van der Waals surface area contributed by atoms with Crippen molar-refractivity contribution < 1.29 is 69.9 Å². The van der Waals surface area contributed by atoms with Crippen LogP contribution >= 0.6 is 7.82 Å². The van der Waals surface area contributed by atoms with Crippen LogP contribution in [0.1, 0.15) is 41.5 Å². The molecule has 4 nitrogen and oxygen atoms in total. The Morgan fingerprint density at radius 3 is 1.29 bits per heavy atom. The second-order valence-corrected chi connectivity index (χ2v) is 6.11. The molecular formula is C8H18KO4P. The van der Waals surface area contributed by atoms with Gasteiger partial charge in [-0.1, -0.05) is 0 Å². The molecule has 0 spiro atoms. The summed E-state index contributed by atoms with van der Waals surface area (Å²) < 4.78 is 20.8. The van der Waals surface area contributed by atoms with E-state index in [1.807, 2.05) is 0 Å². The summed E-state index contributed by atoms with van der Waals surface area (Å²) in [7, 11) is -4.19. The van der Waals surface area contributed by atoms with Gasteiger partial charge >= 0.3 is 51.4 Å². The van der Waals surface area contributed by atoms with Gasteiger partial charge in [0.25, 0.3) is 7.82 Å². The Morgan fingerprint density at radius 1 is 0.929 bits per heavy atom. The third-order valence-electron chi connectivity index (χ3n) is 0.771. The first-order chi connectivity index (χ1) is 5.41. The molecule has 0 atom stereocenters. The van der Waals surface area contributed by atoms with Crippen LogP contribution in [0.3, 0.4) is 0 Å². The Balaban J connectivity index is 0. The number of hydrogen-bond donors (Lipinski definition) is 0. The molecule has 0 saturated carbocycles. The van der Waals surface area contributed by atoms with E-state index in [2.05, 4.69) is 0 Å². The van der Waals surface area contributed by atoms with Gasteiger partial charge in [0.15, 0.2) is 0 Å². The normalized spacial score (nSPS) is 13.6. The van der Waals surface area contributed by atoms with Gasteiger partial charge in [-0.3, -0.25) is 4.57 Å². The Labute approximate surface area is 129 Å². The van der Waals surface area contributed by atoms with Crippen molar-refractivity contribution in [2.45, 2.75) is 52.7 Å². The van der Waals surface area contributed by atoms with E-state index in [4.69, 9.17) is 9.05 Å². The first kappa shape index (κ1) is 18.1. The van der Waals surface area contributed by atoms with E-state index >= 15 is 0 Å². The van der Waals surface area contributed by atoms with Crippen molar-refractivity contribution in [3.05, 3.63) is 0 Å². The van der Waals surface area contributed by atoms with Crippen molar-refractivity contribution in [1.82, 2.24) is 0 Å². The van der Waals surface area contributed by atoms with E-state index in [0.29, 0.717) is 0 Å². The van der Waals surface area contributed by atoms with Crippen molar-refractivity contribution in [1.29, 1.82) is 0 Å². The molecule has 0 N–H and O–H groups in total. The van der Waals surface area contributed by atoms with Crippen LogP contribution in [0.5, 0.6) is 0 Å². The minimum Gasteiger partial charge on any atom is -0.756 e. The molecule has 0 fully saturated rings. The predicted octanol–water partition coefficient (Wildman–Crippen LogP) is -0.911. The molecule has 0 saturated heterocycles. The van der Waals surface area contributed by atoms with Gasteiger partial charge in [0.2, 0.25) is 0 Å². The average Bonchev–Trinajstić information content (AvgIpc) is 1.43. The summed E-state index contributed by atoms with van der Waals surface area (Å²) in [5, 5.41) is 0. The van der Waals surface area contributed by atoms with Crippen LogP contribution < -0.4 is 56.3 Å². The van der Waals surface area contributed by atoms with Crippen molar-refractivity contribution >= 4 is 7.82 Å². The Morgan fingerprint density at radius 2 is 1.14 bits per heavy atom. The fourth-order valence-electron chi connectivity index (χ4n) is 0.689. The zero-order valence-electron chi connectivity index (χ0n) is 10.1. The molecule has 0 aromatic rings. The summed E-state index contributed by atoms with van der Waals surface area (Å²) in [6, 6.07) is 0. The molecule has 0 amide bonds. The van der Waals surface area contributed by atoms with E-state index in [1.165, 1.54) is 0 Å². The van der Waals surface area contributed by atoms with E-state index in [-0.39, 0.29) is 51.4 Å². The van der Waals surface area contributed by atoms with E-state index in [1.54, 1.807) is 41.5 Å². The molecule has 0 aliphatic rings. The summed E-state index contributed by atoms with van der Waals surface area (Å²) in [6.45, 7) is 9.94.